The minimum Gasteiger partial charge on any atom is -0.490 e. The van der Waals surface area contributed by atoms with Crippen molar-refractivity contribution >= 4 is 27.9 Å². The summed E-state index contributed by atoms with van der Waals surface area (Å²) < 4.78 is 12.7. The molecule has 1 saturated carbocycles. The first-order valence-electron chi connectivity index (χ1n) is 10.9. The van der Waals surface area contributed by atoms with Crippen LogP contribution in [0.15, 0.2) is 89.4 Å². The molecule has 1 aliphatic rings. The summed E-state index contributed by atoms with van der Waals surface area (Å²) in [5, 5.41) is 10.1. The van der Waals surface area contributed by atoms with Crippen LogP contribution in [0.4, 0.5) is 0 Å². The number of carboxylic acid groups (broad SMARTS) is 1. The van der Waals surface area contributed by atoms with Gasteiger partial charge in [-0.3, -0.25) is 9.59 Å². The normalized spacial score (nSPS) is 22.3. The van der Waals surface area contributed by atoms with Crippen molar-refractivity contribution in [2.24, 2.45) is 11.8 Å². The Morgan fingerprint density at radius 2 is 1.52 bits per heavy atom. The highest BCUT2D eigenvalue weighted by Gasteiger charge is 2.47. The van der Waals surface area contributed by atoms with Gasteiger partial charge >= 0.3 is 11.9 Å². The van der Waals surface area contributed by atoms with E-state index in [0.29, 0.717) is 12.2 Å². The predicted octanol–water partition coefficient (Wildman–Crippen LogP) is 5.83. The summed E-state index contributed by atoms with van der Waals surface area (Å²) >= 11 is 3.45. The molecule has 0 aromatic heterocycles. The second-order valence-corrected chi connectivity index (χ2v) is 9.16. The van der Waals surface area contributed by atoms with Crippen LogP contribution in [-0.4, -0.2) is 23.1 Å². The fourth-order valence-corrected chi connectivity index (χ4v) is 4.75. The fraction of sp³-hybridized carbons (Fsp3) is 0.259. The second-order valence-electron chi connectivity index (χ2n) is 8.25. The Balaban J connectivity index is 1.61. The van der Waals surface area contributed by atoms with Gasteiger partial charge in [0.25, 0.3) is 0 Å². The molecule has 6 heteroatoms. The minimum absolute atomic E-state index is 0.111. The Kier molecular flexibility index (Phi) is 7.45. The van der Waals surface area contributed by atoms with Gasteiger partial charge in [0.15, 0.2) is 0 Å². The van der Waals surface area contributed by atoms with Crippen molar-refractivity contribution in [2.45, 2.75) is 31.5 Å². The van der Waals surface area contributed by atoms with Crippen molar-refractivity contribution in [2.75, 3.05) is 0 Å². The molecule has 1 aliphatic carbocycles. The quantitative estimate of drug-likeness (QED) is 0.406. The van der Waals surface area contributed by atoms with E-state index in [0.717, 1.165) is 15.6 Å². The molecule has 170 valence electrons. The molecule has 0 heterocycles. The molecule has 4 rings (SSSR count). The zero-order valence-corrected chi connectivity index (χ0v) is 19.6. The third kappa shape index (κ3) is 5.82. The van der Waals surface area contributed by atoms with Crippen LogP contribution in [0.1, 0.15) is 29.9 Å². The highest BCUT2D eigenvalue weighted by Crippen LogP contribution is 2.44. The lowest BCUT2D eigenvalue weighted by Crippen LogP contribution is -2.44. The summed E-state index contributed by atoms with van der Waals surface area (Å²) in [5.74, 6) is -2.87. The molecule has 33 heavy (non-hydrogen) atoms. The maximum absolute atomic E-state index is 13.3. The summed E-state index contributed by atoms with van der Waals surface area (Å²) in [4.78, 5) is 25.6. The second kappa shape index (κ2) is 10.7. The van der Waals surface area contributed by atoms with Gasteiger partial charge in [0.1, 0.15) is 18.5 Å². The van der Waals surface area contributed by atoms with Gasteiger partial charge in [0, 0.05) is 10.4 Å². The Morgan fingerprint density at radius 1 is 0.879 bits per heavy atom. The van der Waals surface area contributed by atoms with E-state index in [-0.39, 0.29) is 25.0 Å². The van der Waals surface area contributed by atoms with Crippen LogP contribution in [0.5, 0.6) is 5.75 Å². The van der Waals surface area contributed by atoms with Gasteiger partial charge in [-0.2, -0.15) is 0 Å². The number of rotatable bonds is 7. The van der Waals surface area contributed by atoms with Crippen molar-refractivity contribution < 1.29 is 24.2 Å². The van der Waals surface area contributed by atoms with E-state index in [1.54, 1.807) is 0 Å². The van der Waals surface area contributed by atoms with E-state index in [1.165, 1.54) is 0 Å². The number of carbonyl (C=O) groups is 2. The van der Waals surface area contributed by atoms with Crippen molar-refractivity contribution in [1.29, 1.82) is 0 Å². The molecule has 1 N–H and O–H groups in total. The average molecular weight is 509 g/mol. The summed E-state index contributed by atoms with van der Waals surface area (Å²) in [7, 11) is 0. The Labute approximate surface area is 201 Å². The van der Waals surface area contributed by atoms with Crippen LogP contribution in [0.3, 0.4) is 0 Å². The first kappa shape index (κ1) is 23.1. The lowest BCUT2D eigenvalue weighted by molar-refractivity contribution is -0.163. The molecule has 4 atom stereocenters. The molecular formula is C27H25BrO5. The summed E-state index contributed by atoms with van der Waals surface area (Å²) in [5.41, 5.74) is 1.76. The maximum atomic E-state index is 13.3. The third-order valence-corrected chi connectivity index (χ3v) is 6.59. The average Bonchev–Trinajstić information content (AvgIpc) is 2.84. The number of hydrogen-bond donors (Lipinski definition) is 1. The SMILES string of the molecule is O=C(OCc1ccccc1)[C@@H]1[C@@H](c2ccc(Br)cc2)C[C@@H](Oc2ccccc2)C[C@H]1C(=O)O. The van der Waals surface area contributed by atoms with Gasteiger partial charge < -0.3 is 14.6 Å². The summed E-state index contributed by atoms with van der Waals surface area (Å²) in [6.07, 6.45) is 0.425. The monoisotopic (exact) mass is 508 g/mol. The molecule has 3 aromatic rings. The van der Waals surface area contributed by atoms with Gasteiger partial charge in [-0.15, -0.1) is 0 Å². The predicted molar refractivity (Wildman–Crippen MR) is 128 cm³/mol. The molecule has 0 unspecified atom stereocenters. The highest BCUT2D eigenvalue weighted by molar-refractivity contribution is 9.10. The molecule has 0 saturated heterocycles. The van der Waals surface area contributed by atoms with Gasteiger partial charge in [-0.05, 0) is 48.2 Å². The molecule has 1 fully saturated rings. The molecule has 3 aromatic carbocycles. The number of hydrogen-bond acceptors (Lipinski definition) is 4. The zero-order valence-electron chi connectivity index (χ0n) is 18.0. The van der Waals surface area contributed by atoms with Crippen molar-refractivity contribution in [3.8, 4) is 5.75 Å². The largest absolute Gasteiger partial charge is 0.490 e. The van der Waals surface area contributed by atoms with Crippen LogP contribution < -0.4 is 4.74 Å². The maximum Gasteiger partial charge on any atom is 0.310 e. The number of para-hydroxylation sites is 1. The van der Waals surface area contributed by atoms with Gasteiger partial charge in [0.2, 0.25) is 0 Å². The number of aliphatic carboxylic acids is 1. The van der Waals surface area contributed by atoms with Crippen LogP contribution >= 0.6 is 15.9 Å². The fourth-order valence-electron chi connectivity index (χ4n) is 4.49. The molecule has 0 radical (unpaired) electrons. The molecule has 0 bridgehead atoms. The number of ether oxygens (including phenoxy) is 2. The zero-order chi connectivity index (χ0) is 23.2. The molecule has 5 nitrogen and oxygen atoms in total. The molecular weight excluding hydrogens is 484 g/mol. The molecule has 0 spiro atoms. The summed E-state index contributed by atoms with van der Waals surface area (Å²) in [6.45, 7) is 0.111. The van der Waals surface area contributed by atoms with Gasteiger partial charge in [-0.25, -0.2) is 0 Å². The van der Waals surface area contributed by atoms with Crippen molar-refractivity contribution in [3.05, 3.63) is 101 Å². The Morgan fingerprint density at radius 3 is 2.15 bits per heavy atom. The van der Waals surface area contributed by atoms with Gasteiger partial charge in [-0.1, -0.05) is 76.6 Å². The standard InChI is InChI=1S/C27H25BrO5/c28-20-13-11-19(12-14-20)23-15-22(33-21-9-5-2-6-10-21)16-24(26(29)30)25(23)27(31)32-17-18-7-3-1-4-8-18/h1-14,22-25H,15-17H2,(H,29,30)/t22-,23-,24-,25-/m1/s1. The third-order valence-electron chi connectivity index (χ3n) is 6.06. The Bertz CT molecular complexity index is 1070. The van der Waals surface area contributed by atoms with E-state index in [9.17, 15) is 14.7 Å². The molecule has 0 amide bonds. The minimum atomic E-state index is -1.01. The van der Waals surface area contributed by atoms with Crippen LogP contribution in [-0.2, 0) is 20.9 Å². The first-order chi connectivity index (χ1) is 16.0. The topological polar surface area (TPSA) is 72.8 Å². The molecule has 0 aliphatic heterocycles. The number of esters is 1. The smallest absolute Gasteiger partial charge is 0.310 e. The lowest BCUT2D eigenvalue weighted by atomic mass is 9.68. The van der Waals surface area contributed by atoms with Crippen molar-refractivity contribution in [3.63, 3.8) is 0 Å². The number of carbonyl (C=O) groups excluding carboxylic acids is 1. The number of benzene rings is 3. The highest BCUT2D eigenvalue weighted by atomic mass is 79.9. The van der Waals surface area contributed by atoms with E-state index < -0.39 is 23.8 Å². The van der Waals surface area contributed by atoms with E-state index in [4.69, 9.17) is 9.47 Å². The number of halogens is 1. The van der Waals surface area contributed by atoms with Crippen LogP contribution in [0.2, 0.25) is 0 Å². The van der Waals surface area contributed by atoms with E-state index >= 15 is 0 Å². The van der Waals surface area contributed by atoms with Crippen LogP contribution in [0, 0.1) is 11.8 Å². The van der Waals surface area contributed by atoms with E-state index in [2.05, 4.69) is 15.9 Å². The van der Waals surface area contributed by atoms with E-state index in [1.807, 2.05) is 84.9 Å². The van der Waals surface area contributed by atoms with Gasteiger partial charge in [0.05, 0.1) is 11.8 Å². The number of carboxylic acids is 1. The first-order valence-corrected chi connectivity index (χ1v) is 11.7. The van der Waals surface area contributed by atoms with Crippen molar-refractivity contribution in [1.82, 2.24) is 0 Å². The summed E-state index contributed by atoms with van der Waals surface area (Å²) in [6, 6.07) is 26.4. The van der Waals surface area contributed by atoms with Crippen LogP contribution in [0.25, 0.3) is 0 Å². The Hall–Kier alpha value is -3.12. The lowest BCUT2D eigenvalue weighted by Gasteiger charge is -2.39.